The summed E-state index contributed by atoms with van der Waals surface area (Å²) in [6.07, 6.45) is 0.667. The van der Waals surface area contributed by atoms with Crippen molar-refractivity contribution in [2.45, 2.75) is 45.8 Å². The standard InChI is InChI=1S/C13H22N4O2/c1-9-7-11(16-15-9)14-10-5-6-17(8-10)12(18)19-13(2,3)4/h7,10H,5-6,8H2,1-4H3,(H2,14,15,16). The molecule has 0 aromatic carbocycles. The molecule has 106 valence electrons. The normalized spacial score (nSPS) is 19.6. The molecular weight excluding hydrogens is 244 g/mol. The minimum Gasteiger partial charge on any atom is -0.444 e. The first-order valence-corrected chi connectivity index (χ1v) is 6.60. The van der Waals surface area contributed by atoms with Gasteiger partial charge in [-0.1, -0.05) is 0 Å². The molecule has 0 saturated carbocycles. The average molecular weight is 266 g/mol. The fourth-order valence-corrected chi connectivity index (χ4v) is 2.07. The van der Waals surface area contributed by atoms with Crippen molar-refractivity contribution in [3.05, 3.63) is 11.8 Å². The van der Waals surface area contributed by atoms with Gasteiger partial charge < -0.3 is 15.0 Å². The third-order valence-corrected chi connectivity index (χ3v) is 2.90. The number of likely N-dealkylation sites (tertiary alicyclic amines) is 1. The van der Waals surface area contributed by atoms with Crippen LogP contribution in [0.3, 0.4) is 0 Å². The van der Waals surface area contributed by atoms with Crippen LogP contribution in [-0.2, 0) is 4.74 Å². The van der Waals surface area contributed by atoms with Crippen molar-refractivity contribution >= 4 is 11.9 Å². The van der Waals surface area contributed by atoms with Crippen LogP contribution in [0.2, 0.25) is 0 Å². The van der Waals surface area contributed by atoms with E-state index in [4.69, 9.17) is 4.74 Å². The van der Waals surface area contributed by atoms with Gasteiger partial charge in [0.2, 0.25) is 0 Å². The molecule has 1 saturated heterocycles. The van der Waals surface area contributed by atoms with Crippen molar-refractivity contribution in [3.63, 3.8) is 0 Å². The molecule has 0 bridgehead atoms. The molecule has 2 heterocycles. The number of aromatic amines is 1. The number of ether oxygens (including phenoxy) is 1. The number of H-pyrrole nitrogens is 1. The van der Waals surface area contributed by atoms with Gasteiger partial charge in [-0.15, -0.1) is 0 Å². The molecule has 19 heavy (non-hydrogen) atoms. The number of rotatable bonds is 2. The zero-order valence-electron chi connectivity index (χ0n) is 12.0. The van der Waals surface area contributed by atoms with Gasteiger partial charge in [0.15, 0.2) is 0 Å². The molecule has 1 aliphatic heterocycles. The summed E-state index contributed by atoms with van der Waals surface area (Å²) in [5.74, 6) is 0.827. The highest BCUT2D eigenvalue weighted by molar-refractivity contribution is 5.68. The van der Waals surface area contributed by atoms with Gasteiger partial charge in [0.25, 0.3) is 0 Å². The van der Waals surface area contributed by atoms with Crippen molar-refractivity contribution in [2.75, 3.05) is 18.4 Å². The Bertz CT molecular complexity index is 450. The first-order valence-electron chi connectivity index (χ1n) is 6.60. The molecule has 1 aromatic rings. The van der Waals surface area contributed by atoms with Crippen LogP contribution in [0.1, 0.15) is 32.9 Å². The summed E-state index contributed by atoms with van der Waals surface area (Å²) in [5, 5.41) is 10.3. The van der Waals surface area contributed by atoms with Crippen LogP contribution >= 0.6 is 0 Å². The van der Waals surface area contributed by atoms with Crippen molar-refractivity contribution in [2.24, 2.45) is 0 Å². The second-order valence-corrected chi connectivity index (χ2v) is 5.99. The maximum atomic E-state index is 11.9. The van der Waals surface area contributed by atoms with E-state index in [2.05, 4.69) is 15.5 Å². The van der Waals surface area contributed by atoms with Crippen LogP contribution in [0.15, 0.2) is 6.07 Å². The summed E-state index contributed by atoms with van der Waals surface area (Å²) in [4.78, 5) is 13.7. The van der Waals surface area contributed by atoms with E-state index in [1.165, 1.54) is 0 Å². The summed E-state index contributed by atoms with van der Waals surface area (Å²) in [6, 6.07) is 2.19. The van der Waals surface area contributed by atoms with E-state index in [9.17, 15) is 4.79 Å². The van der Waals surface area contributed by atoms with Crippen LogP contribution in [0.25, 0.3) is 0 Å². The van der Waals surface area contributed by atoms with E-state index in [1.54, 1.807) is 4.90 Å². The van der Waals surface area contributed by atoms with Crippen LogP contribution in [0.5, 0.6) is 0 Å². The fourth-order valence-electron chi connectivity index (χ4n) is 2.07. The number of anilines is 1. The molecule has 1 aromatic heterocycles. The first-order chi connectivity index (χ1) is 8.83. The van der Waals surface area contributed by atoms with Gasteiger partial charge in [0.05, 0.1) is 0 Å². The molecule has 0 aliphatic carbocycles. The van der Waals surface area contributed by atoms with Gasteiger partial charge in [-0.3, -0.25) is 5.10 Å². The lowest BCUT2D eigenvalue weighted by molar-refractivity contribution is 0.0293. The molecule has 6 heteroatoms. The Kier molecular flexibility index (Phi) is 3.68. The van der Waals surface area contributed by atoms with Crippen molar-refractivity contribution < 1.29 is 9.53 Å². The van der Waals surface area contributed by atoms with Gasteiger partial charge in [0, 0.05) is 30.9 Å². The second-order valence-electron chi connectivity index (χ2n) is 5.99. The molecule has 1 atom stereocenters. The SMILES string of the molecule is Cc1cc(NC2CCN(C(=O)OC(C)(C)C)C2)n[nH]1. The van der Waals surface area contributed by atoms with E-state index in [1.807, 2.05) is 33.8 Å². The third kappa shape index (κ3) is 3.87. The van der Waals surface area contributed by atoms with Crippen molar-refractivity contribution in [1.82, 2.24) is 15.1 Å². The first kappa shape index (κ1) is 13.7. The molecule has 1 unspecified atom stereocenters. The lowest BCUT2D eigenvalue weighted by Gasteiger charge is -2.24. The number of carbonyl (C=O) groups is 1. The number of nitrogens with zero attached hydrogens (tertiary/aromatic N) is 2. The number of carbonyl (C=O) groups excluding carboxylic acids is 1. The maximum Gasteiger partial charge on any atom is 0.410 e. The molecule has 1 amide bonds. The topological polar surface area (TPSA) is 70.2 Å². The van der Waals surface area contributed by atoms with E-state index in [-0.39, 0.29) is 12.1 Å². The van der Waals surface area contributed by atoms with Crippen LogP contribution in [0.4, 0.5) is 10.6 Å². The maximum absolute atomic E-state index is 11.9. The fraction of sp³-hybridized carbons (Fsp3) is 0.692. The molecular formula is C13H22N4O2. The largest absolute Gasteiger partial charge is 0.444 e. The summed E-state index contributed by atoms with van der Waals surface area (Å²) in [5.41, 5.74) is 0.575. The highest BCUT2D eigenvalue weighted by Crippen LogP contribution is 2.18. The Morgan fingerprint density at radius 2 is 2.32 bits per heavy atom. The number of aromatic nitrogens is 2. The van der Waals surface area contributed by atoms with E-state index >= 15 is 0 Å². The minimum atomic E-state index is -0.443. The van der Waals surface area contributed by atoms with Gasteiger partial charge in [-0.2, -0.15) is 5.10 Å². The van der Waals surface area contributed by atoms with Crippen LogP contribution in [0, 0.1) is 6.92 Å². The van der Waals surface area contributed by atoms with Gasteiger partial charge in [0.1, 0.15) is 11.4 Å². The Morgan fingerprint density at radius 3 is 2.89 bits per heavy atom. The minimum absolute atomic E-state index is 0.232. The second kappa shape index (κ2) is 5.11. The highest BCUT2D eigenvalue weighted by atomic mass is 16.6. The smallest absolute Gasteiger partial charge is 0.410 e. The number of amides is 1. The molecule has 0 spiro atoms. The summed E-state index contributed by atoms with van der Waals surface area (Å²) in [6.45, 7) is 8.96. The summed E-state index contributed by atoms with van der Waals surface area (Å²) in [7, 11) is 0. The van der Waals surface area contributed by atoms with Gasteiger partial charge in [-0.25, -0.2) is 4.79 Å². The molecule has 2 N–H and O–H groups in total. The summed E-state index contributed by atoms with van der Waals surface area (Å²) >= 11 is 0. The molecule has 6 nitrogen and oxygen atoms in total. The lowest BCUT2D eigenvalue weighted by Crippen LogP contribution is -2.36. The Morgan fingerprint density at radius 1 is 1.58 bits per heavy atom. The van der Waals surface area contributed by atoms with Gasteiger partial charge >= 0.3 is 6.09 Å². The Hall–Kier alpha value is -1.72. The summed E-state index contributed by atoms with van der Waals surface area (Å²) < 4.78 is 5.36. The molecule has 0 radical (unpaired) electrons. The van der Waals surface area contributed by atoms with Crippen molar-refractivity contribution in [3.8, 4) is 0 Å². The van der Waals surface area contributed by atoms with E-state index < -0.39 is 5.60 Å². The number of nitrogens with one attached hydrogen (secondary N) is 2. The van der Waals surface area contributed by atoms with Gasteiger partial charge in [-0.05, 0) is 34.1 Å². The van der Waals surface area contributed by atoms with Crippen LogP contribution < -0.4 is 5.32 Å². The Balaban J connectivity index is 1.84. The lowest BCUT2D eigenvalue weighted by atomic mass is 10.2. The molecule has 2 rings (SSSR count). The number of hydrogen-bond acceptors (Lipinski definition) is 4. The number of hydrogen-bond donors (Lipinski definition) is 2. The number of aryl methyl sites for hydroxylation is 1. The van der Waals surface area contributed by atoms with E-state index in [0.717, 1.165) is 24.5 Å². The predicted molar refractivity (Wildman–Crippen MR) is 73.2 cm³/mol. The zero-order chi connectivity index (χ0) is 14.0. The van der Waals surface area contributed by atoms with Crippen molar-refractivity contribution in [1.29, 1.82) is 0 Å². The van der Waals surface area contributed by atoms with Crippen LogP contribution in [-0.4, -0.2) is 45.9 Å². The third-order valence-electron chi connectivity index (χ3n) is 2.90. The predicted octanol–water partition coefficient (Wildman–Crippen LogP) is 2.14. The average Bonchev–Trinajstić information content (AvgIpc) is 2.86. The monoisotopic (exact) mass is 266 g/mol. The molecule has 1 aliphatic rings. The van der Waals surface area contributed by atoms with E-state index in [0.29, 0.717) is 6.54 Å². The molecule has 1 fully saturated rings. The Labute approximate surface area is 113 Å². The zero-order valence-corrected chi connectivity index (χ0v) is 12.0. The highest BCUT2D eigenvalue weighted by Gasteiger charge is 2.29. The quantitative estimate of drug-likeness (QED) is 0.860.